The summed E-state index contributed by atoms with van der Waals surface area (Å²) in [6, 6.07) is 22.0. The summed E-state index contributed by atoms with van der Waals surface area (Å²) in [7, 11) is 0. The van der Waals surface area contributed by atoms with Gasteiger partial charge in [-0.05, 0) is 35.4 Å². The number of ether oxygens (including phenoxy) is 2. The lowest BCUT2D eigenvalue weighted by molar-refractivity contribution is -0.268. The van der Waals surface area contributed by atoms with E-state index in [0.717, 1.165) is 16.7 Å². The number of carbonyl (C=O) groups excluding carboxylic acids is 1. The SMILES string of the molecule is CC(=O)Nc1ccc([C@@H]2O[C@H](CSc3ccccc3C(=O)O)[C@H](C)[C@H](c3ccc(CO)cc3)O2)cc1. The molecule has 0 bridgehead atoms. The summed E-state index contributed by atoms with van der Waals surface area (Å²) in [5.74, 6) is -0.588. The Hall–Kier alpha value is -3.17. The fraction of sp³-hybridized carbons (Fsp3) is 0.286. The second-order valence-corrected chi connectivity index (χ2v) is 9.80. The second-order valence-electron chi connectivity index (χ2n) is 8.74. The number of carboxylic acids is 1. The molecule has 7 nitrogen and oxygen atoms in total. The number of carboxylic acid groups (broad SMARTS) is 1. The summed E-state index contributed by atoms with van der Waals surface area (Å²) in [4.78, 5) is 23.7. The van der Waals surface area contributed by atoms with Crippen LogP contribution in [0.4, 0.5) is 5.69 Å². The zero-order chi connectivity index (χ0) is 25.7. The Labute approximate surface area is 214 Å². The molecule has 8 heteroatoms. The number of hydrogen-bond donors (Lipinski definition) is 3. The summed E-state index contributed by atoms with van der Waals surface area (Å²) < 4.78 is 12.8. The Morgan fingerprint density at radius 1 is 0.944 bits per heavy atom. The molecule has 4 atom stereocenters. The maximum atomic E-state index is 11.6. The van der Waals surface area contributed by atoms with Crippen molar-refractivity contribution in [2.75, 3.05) is 11.1 Å². The van der Waals surface area contributed by atoms with E-state index in [1.54, 1.807) is 30.3 Å². The monoisotopic (exact) mass is 507 g/mol. The molecule has 1 fully saturated rings. The van der Waals surface area contributed by atoms with Crippen LogP contribution in [0.25, 0.3) is 0 Å². The standard InChI is InChI=1S/C28H29NO6S/c1-17-24(16-36-25-6-4-3-5-23(25)27(32)33)34-28(21-11-13-22(14-12-21)29-18(2)31)35-26(17)20-9-7-19(15-30)8-10-20/h3-14,17,24,26,28,30H,15-16H2,1-2H3,(H,29,31)(H,32,33)/t17-,24+,26+,28+/m0/s1. The van der Waals surface area contributed by atoms with Crippen molar-refractivity contribution in [1.82, 2.24) is 0 Å². The lowest BCUT2D eigenvalue weighted by Gasteiger charge is -2.41. The minimum atomic E-state index is -0.960. The van der Waals surface area contributed by atoms with Crippen LogP contribution in [-0.2, 0) is 20.9 Å². The van der Waals surface area contributed by atoms with Crippen LogP contribution in [-0.4, -0.2) is 33.9 Å². The van der Waals surface area contributed by atoms with Gasteiger partial charge in [-0.25, -0.2) is 4.79 Å². The van der Waals surface area contributed by atoms with E-state index in [9.17, 15) is 19.8 Å². The molecule has 1 amide bonds. The molecule has 1 heterocycles. The van der Waals surface area contributed by atoms with Gasteiger partial charge in [-0.1, -0.05) is 55.5 Å². The van der Waals surface area contributed by atoms with Crippen molar-refractivity contribution >= 4 is 29.3 Å². The highest BCUT2D eigenvalue weighted by molar-refractivity contribution is 7.99. The van der Waals surface area contributed by atoms with E-state index in [1.165, 1.54) is 18.7 Å². The van der Waals surface area contributed by atoms with E-state index in [1.807, 2.05) is 42.5 Å². The van der Waals surface area contributed by atoms with Gasteiger partial charge in [-0.3, -0.25) is 4.79 Å². The Balaban J connectivity index is 1.59. The van der Waals surface area contributed by atoms with Crippen molar-refractivity contribution in [1.29, 1.82) is 0 Å². The molecule has 0 unspecified atom stereocenters. The van der Waals surface area contributed by atoms with Crippen LogP contribution in [0.1, 0.15) is 53.3 Å². The van der Waals surface area contributed by atoms with E-state index in [0.29, 0.717) is 16.3 Å². The van der Waals surface area contributed by atoms with Crippen molar-refractivity contribution in [3.05, 3.63) is 95.1 Å². The molecule has 3 aromatic rings. The van der Waals surface area contributed by atoms with Gasteiger partial charge in [0, 0.05) is 34.7 Å². The van der Waals surface area contributed by atoms with Crippen LogP contribution in [0, 0.1) is 5.92 Å². The van der Waals surface area contributed by atoms with E-state index in [-0.39, 0.29) is 36.2 Å². The molecule has 0 radical (unpaired) electrons. The first-order chi connectivity index (χ1) is 17.4. The number of aromatic carboxylic acids is 1. The number of thioether (sulfide) groups is 1. The predicted molar refractivity (Wildman–Crippen MR) is 138 cm³/mol. The van der Waals surface area contributed by atoms with Gasteiger partial charge in [-0.15, -0.1) is 11.8 Å². The van der Waals surface area contributed by atoms with Crippen molar-refractivity contribution < 1.29 is 29.3 Å². The number of aliphatic hydroxyl groups is 1. The predicted octanol–water partition coefficient (Wildman–Crippen LogP) is 5.42. The highest BCUT2D eigenvalue weighted by Crippen LogP contribution is 2.43. The van der Waals surface area contributed by atoms with Gasteiger partial charge in [0.05, 0.1) is 24.4 Å². The molecule has 1 saturated heterocycles. The van der Waals surface area contributed by atoms with Gasteiger partial charge in [0.2, 0.25) is 5.91 Å². The third-order valence-electron chi connectivity index (χ3n) is 6.15. The molecule has 1 aliphatic rings. The molecular weight excluding hydrogens is 478 g/mol. The van der Waals surface area contributed by atoms with Crippen molar-refractivity contribution in [3.63, 3.8) is 0 Å². The number of anilines is 1. The number of amides is 1. The van der Waals surface area contributed by atoms with E-state index >= 15 is 0 Å². The number of rotatable bonds is 8. The van der Waals surface area contributed by atoms with Crippen LogP contribution in [0.3, 0.4) is 0 Å². The topological polar surface area (TPSA) is 105 Å². The lowest BCUT2D eigenvalue weighted by Crippen LogP contribution is -2.38. The van der Waals surface area contributed by atoms with Crippen molar-refractivity contribution in [2.24, 2.45) is 5.92 Å². The van der Waals surface area contributed by atoms with Crippen LogP contribution in [0.15, 0.2) is 77.7 Å². The normalized spacial score (nSPS) is 21.6. The molecule has 0 aliphatic carbocycles. The van der Waals surface area contributed by atoms with Gasteiger partial charge in [0.15, 0.2) is 6.29 Å². The fourth-order valence-corrected chi connectivity index (χ4v) is 5.39. The van der Waals surface area contributed by atoms with E-state index in [2.05, 4.69) is 12.2 Å². The molecule has 0 aromatic heterocycles. The molecule has 0 spiro atoms. The number of hydrogen-bond acceptors (Lipinski definition) is 6. The zero-order valence-corrected chi connectivity index (χ0v) is 20.9. The van der Waals surface area contributed by atoms with Gasteiger partial charge < -0.3 is 25.0 Å². The van der Waals surface area contributed by atoms with Crippen LogP contribution < -0.4 is 5.32 Å². The highest BCUT2D eigenvalue weighted by atomic mass is 32.2. The zero-order valence-electron chi connectivity index (χ0n) is 20.1. The van der Waals surface area contributed by atoms with Crippen molar-refractivity contribution in [2.45, 2.75) is 43.8 Å². The highest BCUT2D eigenvalue weighted by Gasteiger charge is 2.38. The summed E-state index contributed by atoms with van der Waals surface area (Å²) in [5.41, 5.74) is 3.56. The summed E-state index contributed by atoms with van der Waals surface area (Å²) in [5, 5.41) is 21.7. The van der Waals surface area contributed by atoms with Gasteiger partial charge >= 0.3 is 5.97 Å². The minimum Gasteiger partial charge on any atom is -0.478 e. The third-order valence-corrected chi connectivity index (χ3v) is 7.31. The number of carbonyl (C=O) groups is 2. The van der Waals surface area contributed by atoms with Crippen LogP contribution >= 0.6 is 11.8 Å². The van der Waals surface area contributed by atoms with E-state index in [4.69, 9.17) is 9.47 Å². The Kier molecular flexibility index (Phi) is 8.43. The summed E-state index contributed by atoms with van der Waals surface area (Å²) in [6.45, 7) is 3.49. The molecule has 188 valence electrons. The second kappa shape index (κ2) is 11.7. The average Bonchev–Trinajstić information content (AvgIpc) is 2.88. The number of nitrogens with one attached hydrogen (secondary N) is 1. The quantitative estimate of drug-likeness (QED) is 0.350. The summed E-state index contributed by atoms with van der Waals surface area (Å²) in [6.07, 6.45) is -1.14. The number of aliphatic hydroxyl groups excluding tert-OH is 1. The van der Waals surface area contributed by atoms with Crippen molar-refractivity contribution in [3.8, 4) is 0 Å². The maximum Gasteiger partial charge on any atom is 0.336 e. The van der Waals surface area contributed by atoms with Gasteiger partial charge in [0.1, 0.15) is 0 Å². The largest absolute Gasteiger partial charge is 0.478 e. The van der Waals surface area contributed by atoms with Crippen LogP contribution in [0.2, 0.25) is 0 Å². The molecular formula is C28H29NO6S. The molecule has 36 heavy (non-hydrogen) atoms. The lowest BCUT2D eigenvalue weighted by atomic mass is 9.91. The Morgan fingerprint density at radius 3 is 2.25 bits per heavy atom. The first kappa shape index (κ1) is 25.9. The molecule has 4 rings (SSSR count). The first-order valence-electron chi connectivity index (χ1n) is 11.7. The summed E-state index contributed by atoms with van der Waals surface area (Å²) >= 11 is 1.45. The van der Waals surface area contributed by atoms with Gasteiger partial charge in [0.25, 0.3) is 0 Å². The third kappa shape index (κ3) is 6.14. The minimum absolute atomic E-state index is 0.0237. The molecule has 0 saturated carbocycles. The Bertz CT molecular complexity index is 1200. The number of benzene rings is 3. The molecule has 3 N–H and O–H groups in total. The van der Waals surface area contributed by atoms with E-state index < -0.39 is 12.3 Å². The fourth-order valence-electron chi connectivity index (χ4n) is 4.18. The Morgan fingerprint density at radius 2 is 1.61 bits per heavy atom. The maximum absolute atomic E-state index is 11.6. The molecule has 3 aromatic carbocycles. The molecule has 1 aliphatic heterocycles. The first-order valence-corrected chi connectivity index (χ1v) is 12.7. The average molecular weight is 508 g/mol. The van der Waals surface area contributed by atoms with Gasteiger partial charge in [-0.2, -0.15) is 0 Å². The van der Waals surface area contributed by atoms with Crippen LogP contribution in [0.5, 0.6) is 0 Å². The smallest absolute Gasteiger partial charge is 0.336 e.